The summed E-state index contributed by atoms with van der Waals surface area (Å²) in [5.41, 5.74) is 0.905. The summed E-state index contributed by atoms with van der Waals surface area (Å²) in [6, 6.07) is 9.48. The Morgan fingerprint density at radius 2 is 2.14 bits per heavy atom. The summed E-state index contributed by atoms with van der Waals surface area (Å²) >= 11 is 0. The van der Waals surface area contributed by atoms with Gasteiger partial charge in [-0.1, -0.05) is 30.3 Å². The van der Waals surface area contributed by atoms with E-state index >= 15 is 0 Å². The zero-order valence-corrected chi connectivity index (χ0v) is 8.19. The predicted molar refractivity (Wildman–Crippen MR) is 54.7 cm³/mol. The van der Waals surface area contributed by atoms with Crippen molar-refractivity contribution < 1.29 is 9.53 Å². The van der Waals surface area contributed by atoms with Crippen LogP contribution in [0.4, 0.5) is 0 Å². The van der Waals surface area contributed by atoms with Crippen LogP contribution in [-0.4, -0.2) is 26.2 Å². The van der Waals surface area contributed by atoms with Crippen LogP contribution in [0.2, 0.25) is 0 Å². The van der Waals surface area contributed by atoms with Crippen molar-refractivity contribution in [2.75, 3.05) is 20.3 Å². The zero-order chi connectivity index (χ0) is 10.2. The molecule has 1 N–H and O–H groups in total. The van der Waals surface area contributed by atoms with E-state index in [1.54, 1.807) is 13.5 Å². The van der Waals surface area contributed by atoms with Gasteiger partial charge in [0.05, 0.1) is 13.0 Å². The molecule has 0 aliphatic carbocycles. The summed E-state index contributed by atoms with van der Waals surface area (Å²) in [6.07, 6.45) is 1.57. The van der Waals surface area contributed by atoms with E-state index in [9.17, 15) is 4.79 Å². The third-order valence-electron chi connectivity index (χ3n) is 1.70. The number of carbonyl (C=O) groups excluding carboxylic acids is 1. The van der Waals surface area contributed by atoms with Crippen LogP contribution in [0.5, 0.6) is 0 Å². The van der Waals surface area contributed by atoms with E-state index in [1.807, 2.05) is 30.3 Å². The number of amides is 1. The topological polar surface area (TPSA) is 38.3 Å². The van der Waals surface area contributed by atoms with E-state index in [1.165, 1.54) is 0 Å². The molecule has 1 amide bonds. The van der Waals surface area contributed by atoms with Crippen LogP contribution in [0.15, 0.2) is 30.3 Å². The number of nitrogens with one attached hydrogen (secondary N) is 1. The van der Waals surface area contributed by atoms with Crippen molar-refractivity contribution in [1.82, 2.24) is 5.32 Å². The summed E-state index contributed by atoms with van der Waals surface area (Å²) in [4.78, 5) is 11.3. The number of carbonyl (C=O) groups is 1. The van der Waals surface area contributed by atoms with Gasteiger partial charge in [0.1, 0.15) is 0 Å². The average Bonchev–Trinajstić information content (AvgIpc) is 2.20. The molecule has 0 aromatic heterocycles. The molecule has 0 atom stereocenters. The van der Waals surface area contributed by atoms with Crippen LogP contribution in [0.25, 0.3) is 0 Å². The van der Waals surface area contributed by atoms with Crippen LogP contribution in [0.1, 0.15) is 5.56 Å². The first-order valence-electron chi connectivity index (χ1n) is 4.49. The number of hydrogen-bond donors (Lipinski definition) is 1. The first-order chi connectivity index (χ1) is 6.83. The summed E-state index contributed by atoms with van der Waals surface area (Å²) < 4.78 is 4.81. The van der Waals surface area contributed by atoms with E-state index in [-0.39, 0.29) is 5.91 Å². The van der Waals surface area contributed by atoms with Crippen molar-refractivity contribution in [2.45, 2.75) is 0 Å². The highest BCUT2D eigenvalue weighted by atomic mass is 16.5. The van der Waals surface area contributed by atoms with Crippen LogP contribution in [0, 0.1) is 6.42 Å². The standard InChI is InChI=1S/C11H14NO2/c1-14-8-7-12-11(13)9-10-5-3-2-4-6-10/h2-6,9H,7-8H2,1H3,(H,12,13). The molecule has 0 saturated heterocycles. The fraction of sp³-hybridized carbons (Fsp3) is 0.273. The van der Waals surface area contributed by atoms with Gasteiger partial charge < -0.3 is 10.1 Å². The number of rotatable bonds is 5. The van der Waals surface area contributed by atoms with Gasteiger partial charge in [0, 0.05) is 13.7 Å². The Hall–Kier alpha value is -1.35. The predicted octanol–water partition coefficient (Wildman–Crippen LogP) is 1.00. The Bertz CT molecular complexity index is 272. The largest absolute Gasteiger partial charge is 0.383 e. The van der Waals surface area contributed by atoms with Gasteiger partial charge >= 0.3 is 0 Å². The monoisotopic (exact) mass is 192 g/mol. The second-order valence-electron chi connectivity index (χ2n) is 2.84. The Kier molecular flexibility index (Phi) is 4.72. The second-order valence-corrected chi connectivity index (χ2v) is 2.84. The minimum Gasteiger partial charge on any atom is -0.383 e. The van der Waals surface area contributed by atoms with Gasteiger partial charge in [-0.3, -0.25) is 4.79 Å². The molecule has 0 aliphatic heterocycles. The van der Waals surface area contributed by atoms with Crippen molar-refractivity contribution in [3.63, 3.8) is 0 Å². The molecule has 14 heavy (non-hydrogen) atoms. The maximum atomic E-state index is 11.3. The maximum absolute atomic E-state index is 11.3. The number of benzene rings is 1. The molecule has 3 heteroatoms. The molecule has 0 heterocycles. The average molecular weight is 192 g/mol. The molecule has 0 unspecified atom stereocenters. The maximum Gasteiger partial charge on any atom is 0.228 e. The van der Waals surface area contributed by atoms with E-state index in [2.05, 4.69) is 5.32 Å². The van der Waals surface area contributed by atoms with Gasteiger partial charge in [-0.2, -0.15) is 0 Å². The lowest BCUT2D eigenvalue weighted by molar-refractivity contribution is -0.117. The lowest BCUT2D eigenvalue weighted by Crippen LogP contribution is -2.27. The van der Waals surface area contributed by atoms with Gasteiger partial charge in [0.25, 0.3) is 0 Å². The van der Waals surface area contributed by atoms with Crippen molar-refractivity contribution in [3.05, 3.63) is 42.3 Å². The molecule has 1 aromatic rings. The lowest BCUT2D eigenvalue weighted by Gasteiger charge is -2.03. The highest BCUT2D eigenvalue weighted by molar-refractivity contribution is 5.88. The highest BCUT2D eigenvalue weighted by Gasteiger charge is 2.01. The van der Waals surface area contributed by atoms with Gasteiger partial charge in [-0.25, -0.2) is 0 Å². The van der Waals surface area contributed by atoms with Gasteiger partial charge in [-0.15, -0.1) is 0 Å². The second kappa shape index (κ2) is 6.16. The molecule has 75 valence electrons. The fourth-order valence-electron chi connectivity index (χ4n) is 1.03. The molecule has 0 aliphatic rings. The lowest BCUT2D eigenvalue weighted by atomic mass is 10.1. The van der Waals surface area contributed by atoms with Crippen LogP contribution in [0.3, 0.4) is 0 Å². The van der Waals surface area contributed by atoms with Gasteiger partial charge in [0.15, 0.2) is 0 Å². The molecule has 0 fully saturated rings. The number of hydrogen-bond acceptors (Lipinski definition) is 2. The fourth-order valence-corrected chi connectivity index (χ4v) is 1.03. The molecular formula is C11H14NO2. The third kappa shape index (κ3) is 4.05. The van der Waals surface area contributed by atoms with Crippen LogP contribution in [-0.2, 0) is 9.53 Å². The summed E-state index contributed by atoms with van der Waals surface area (Å²) in [7, 11) is 1.60. The minimum atomic E-state index is -0.0896. The molecule has 1 aromatic carbocycles. The molecule has 0 spiro atoms. The normalized spacial score (nSPS) is 9.79. The summed E-state index contributed by atoms with van der Waals surface area (Å²) in [5, 5.41) is 2.71. The molecule has 1 rings (SSSR count). The van der Waals surface area contributed by atoms with E-state index in [0.717, 1.165) is 5.56 Å². The zero-order valence-electron chi connectivity index (χ0n) is 8.19. The number of methoxy groups -OCH3 is 1. The molecule has 3 nitrogen and oxygen atoms in total. The Labute approximate surface area is 84.1 Å². The Morgan fingerprint density at radius 1 is 1.43 bits per heavy atom. The molecule has 0 bridgehead atoms. The quantitative estimate of drug-likeness (QED) is 0.707. The molecular weight excluding hydrogens is 178 g/mol. The van der Waals surface area contributed by atoms with E-state index < -0.39 is 0 Å². The Balaban J connectivity index is 2.27. The smallest absolute Gasteiger partial charge is 0.228 e. The summed E-state index contributed by atoms with van der Waals surface area (Å²) in [6.45, 7) is 1.08. The SMILES string of the molecule is COCCNC(=O)[CH]c1ccccc1. The van der Waals surface area contributed by atoms with E-state index in [0.29, 0.717) is 13.2 Å². The number of ether oxygens (including phenoxy) is 1. The molecule has 0 saturated carbocycles. The first-order valence-corrected chi connectivity index (χ1v) is 4.49. The van der Waals surface area contributed by atoms with Crippen molar-refractivity contribution in [1.29, 1.82) is 0 Å². The molecule has 1 radical (unpaired) electrons. The highest BCUT2D eigenvalue weighted by Crippen LogP contribution is 2.00. The van der Waals surface area contributed by atoms with Gasteiger partial charge in [0.2, 0.25) is 5.91 Å². The van der Waals surface area contributed by atoms with Crippen LogP contribution >= 0.6 is 0 Å². The summed E-state index contributed by atoms with van der Waals surface area (Å²) in [5.74, 6) is -0.0896. The first kappa shape index (κ1) is 10.7. The van der Waals surface area contributed by atoms with Crippen molar-refractivity contribution in [2.24, 2.45) is 0 Å². The minimum absolute atomic E-state index is 0.0896. The van der Waals surface area contributed by atoms with Crippen LogP contribution < -0.4 is 5.32 Å². The van der Waals surface area contributed by atoms with Crippen molar-refractivity contribution >= 4 is 5.91 Å². The third-order valence-corrected chi connectivity index (χ3v) is 1.70. The Morgan fingerprint density at radius 3 is 2.79 bits per heavy atom. The van der Waals surface area contributed by atoms with Gasteiger partial charge in [-0.05, 0) is 5.56 Å². The van der Waals surface area contributed by atoms with Crippen molar-refractivity contribution in [3.8, 4) is 0 Å². The van der Waals surface area contributed by atoms with E-state index in [4.69, 9.17) is 4.74 Å².